The number of hydrogen-bond donors (Lipinski definition) is 2. The topological polar surface area (TPSA) is 101 Å². The smallest absolute Gasteiger partial charge is 0.338 e. The van der Waals surface area contributed by atoms with Crippen LogP contribution in [0, 0.1) is 0 Å². The fourth-order valence-electron chi connectivity index (χ4n) is 1.01. The molecule has 6 nitrogen and oxygen atoms in total. The van der Waals surface area contributed by atoms with Crippen molar-refractivity contribution in [2.45, 2.75) is 4.90 Å². The molecule has 7 heteroatoms. The van der Waals surface area contributed by atoms with Crippen LogP contribution in [-0.4, -0.2) is 37.3 Å². The van der Waals surface area contributed by atoms with Gasteiger partial charge in [0.25, 0.3) is 10.1 Å². The molecule has 1 aromatic rings. The highest BCUT2D eigenvalue weighted by Crippen LogP contribution is 2.11. The first-order chi connectivity index (χ1) is 7.45. The normalized spacial score (nSPS) is 11.1. The van der Waals surface area contributed by atoms with Crippen LogP contribution in [-0.2, 0) is 14.9 Å². The molecule has 2 N–H and O–H groups in total. The fourth-order valence-corrected chi connectivity index (χ4v) is 1.53. The van der Waals surface area contributed by atoms with Gasteiger partial charge in [0.05, 0.1) is 17.1 Å². The summed E-state index contributed by atoms with van der Waals surface area (Å²) in [5.41, 5.74) is -0.0106. The van der Waals surface area contributed by atoms with Crippen LogP contribution in [0.3, 0.4) is 0 Å². The van der Waals surface area contributed by atoms with E-state index in [0.29, 0.717) is 0 Å². The van der Waals surface area contributed by atoms with E-state index in [9.17, 15) is 13.2 Å². The summed E-state index contributed by atoms with van der Waals surface area (Å²) in [6.07, 6.45) is 0. The van der Waals surface area contributed by atoms with Crippen molar-refractivity contribution in [3.05, 3.63) is 29.8 Å². The van der Waals surface area contributed by atoms with Crippen molar-refractivity contribution in [3.63, 3.8) is 0 Å². The van der Waals surface area contributed by atoms with Gasteiger partial charge in [0.2, 0.25) is 0 Å². The van der Waals surface area contributed by atoms with Crippen LogP contribution in [0.4, 0.5) is 0 Å². The molecule has 0 amide bonds. The Morgan fingerprint density at radius 1 is 1.38 bits per heavy atom. The minimum absolute atomic E-state index is 0.0106. The third-order valence-electron chi connectivity index (χ3n) is 1.69. The fraction of sp³-hybridized carbons (Fsp3) is 0.222. The highest BCUT2D eigenvalue weighted by molar-refractivity contribution is 7.85. The van der Waals surface area contributed by atoms with E-state index in [1.807, 2.05) is 0 Å². The Balaban J connectivity index is 2.95. The summed E-state index contributed by atoms with van der Waals surface area (Å²) in [5.74, 6) is -0.764. The van der Waals surface area contributed by atoms with Gasteiger partial charge in [-0.2, -0.15) is 8.42 Å². The second-order valence-electron chi connectivity index (χ2n) is 2.86. The molecule has 0 spiro atoms. The Labute approximate surface area is 92.2 Å². The Morgan fingerprint density at radius 3 is 2.62 bits per heavy atom. The molecule has 0 bridgehead atoms. The molecule has 88 valence electrons. The minimum atomic E-state index is -4.34. The van der Waals surface area contributed by atoms with E-state index in [1.54, 1.807) is 0 Å². The molecule has 0 aliphatic heterocycles. The number of hydrogen-bond acceptors (Lipinski definition) is 5. The maximum Gasteiger partial charge on any atom is 0.338 e. The van der Waals surface area contributed by atoms with Crippen LogP contribution in [0.2, 0.25) is 0 Å². The predicted octanol–water partition coefficient (Wildman–Crippen LogP) is 0.0824. The van der Waals surface area contributed by atoms with Crippen LogP contribution < -0.4 is 0 Å². The molecular formula is C9H10O6S. The summed E-state index contributed by atoms with van der Waals surface area (Å²) >= 11 is 0. The number of benzene rings is 1. The summed E-state index contributed by atoms with van der Waals surface area (Å²) in [6, 6.07) is 4.79. The third-order valence-corrected chi connectivity index (χ3v) is 2.54. The molecule has 0 fully saturated rings. The lowest BCUT2D eigenvalue weighted by Gasteiger charge is -2.03. The number of esters is 1. The zero-order valence-electron chi connectivity index (χ0n) is 8.16. The lowest BCUT2D eigenvalue weighted by Crippen LogP contribution is -2.09. The Morgan fingerprint density at radius 2 is 2.06 bits per heavy atom. The lowest BCUT2D eigenvalue weighted by atomic mass is 10.2. The van der Waals surface area contributed by atoms with Gasteiger partial charge in [-0.15, -0.1) is 0 Å². The van der Waals surface area contributed by atoms with Gasteiger partial charge in [0.15, 0.2) is 0 Å². The van der Waals surface area contributed by atoms with Crippen LogP contribution in [0.5, 0.6) is 0 Å². The van der Waals surface area contributed by atoms with Crippen LogP contribution in [0.25, 0.3) is 0 Å². The number of aliphatic hydroxyl groups excluding tert-OH is 1. The SMILES string of the molecule is O=C(OCCO)c1cccc(S(=O)(=O)O)c1. The summed E-state index contributed by atoms with van der Waals surface area (Å²) in [5, 5.41) is 8.43. The summed E-state index contributed by atoms with van der Waals surface area (Å²) < 4.78 is 34.9. The van der Waals surface area contributed by atoms with Gasteiger partial charge in [-0.3, -0.25) is 4.55 Å². The molecule has 0 aliphatic rings. The first-order valence-corrected chi connectivity index (χ1v) is 5.74. The molecule has 0 unspecified atom stereocenters. The number of carbonyl (C=O) groups excluding carboxylic acids is 1. The highest BCUT2D eigenvalue weighted by Gasteiger charge is 2.13. The van der Waals surface area contributed by atoms with Gasteiger partial charge in [-0.05, 0) is 18.2 Å². The quantitative estimate of drug-likeness (QED) is 0.576. The zero-order chi connectivity index (χ0) is 12.2. The molecule has 1 aromatic carbocycles. The molecule has 0 radical (unpaired) electrons. The van der Waals surface area contributed by atoms with Crippen molar-refractivity contribution in [2.24, 2.45) is 0 Å². The molecule has 0 aromatic heterocycles. The van der Waals surface area contributed by atoms with Crippen LogP contribution in [0.1, 0.15) is 10.4 Å². The maximum absolute atomic E-state index is 11.3. The van der Waals surface area contributed by atoms with Crippen molar-refractivity contribution >= 4 is 16.1 Å². The highest BCUT2D eigenvalue weighted by atomic mass is 32.2. The summed E-state index contributed by atoms with van der Waals surface area (Å²) in [7, 11) is -4.34. The standard InChI is InChI=1S/C9H10O6S/c10-4-5-15-9(11)7-2-1-3-8(6-7)16(12,13)14/h1-3,6,10H,4-5H2,(H,12,13,14). The number of rotatable bonds is 4. The minimum Gasteiger partial charge on any atom is -0.460 e. The Kier molecular flexibility index (Phi) is 3.99. The van der Waals surface area contributed by atoms with Crippen molar-refractivity contribution in [1.29, 1.82) is 0 Å². The summed E-state index contributed by atoms with van der Waals surface area (Å²) in [6.45, 7) is -0.487. The van der Waals surface area contributed by atoms with E-state index in [4.69, 9.17) is 9.66 Å². The van der Waals surface area contributed by atoms with Gasteiger partial charge in [0.1, 0.15) is 6.61 Å². The monoisotopic (exact) mass is 246 g/mol. The largest absolute Gasteiger partial charge is 0.460 e. The van der Waals surface area contributed by atoms with E-state index in [0.717, 1.165) is 12.1 Å². The van der Waals surface area contributed by atoms with Gasteiger partial charge in [0, 0.05) is 0 Å². The average molecular weight is 246 g/mol. The van der Waals surface area contributed by atoms with Gasteiger partial charge >= 0.3 is 5.97 Å². The van der Waals surface area contributed by atoms with Crippen molar-refractivity contribution in [1.82, 2.24) is 0 Å². The van der Waals surface area contributed by atoms with Crippen LogP contribution in [0.15, 0.2) is 29.2 Å². The Hall–Kier alpha value is -1.44. The van der Waals surface area contributed by atoms with E-state index in [2.05, 4.69) is 4.74 Å². The van der Waals surface area contributed by atoms with E-state index in [-0.39, 0.29) is 23.7 Å². The van der Waals surface area contributed by atoms with Crippen LogP contribution >= 0.6 is 0 Å². The number of aliphatic hydroxyl groups is 1. The number of ether oxygens (including phenoxy) is 1. The first-order valence-electron chi connectivity index (χ1n) is 4.30. The summed E-state index contributed by atoms with van der Waals surface area (Å²) in [4.78, 5) is 10.9. The molecule has 0 atom stereocenters. The average Bonchev–Trinajstić information content (AvgIpc) is 2.25. The Bertz CT molecular complexity index is 479. The molecule has 0 saturated heterocycles. The third kappa shape index (κ3) is 3.30. The van der Waals surface area contributed by atoms with E-state index in [1.165, 1.54) is 12.1 Å². The van der Waals surface area contributed by atoms with Gasteiger partial charge in [-0.25, -0.2) is 4.79 Å². The molecular weight excluding hydrogens is 236 g/mol. The van der Waals surface area contributed by atoms with Crippen molar-refractivity contribution in [3.8, 4) is 0 Å². The zero-order valence-corrected chi connectivity index (χ0v) is 8.98. The second-order valence-corrected chi connectivity index (χ2v) is 4.28. The van der Waals surface area contributed by atoms with Gasteiger partial charge in [-0.1, -0.05) is 6.07 Å². The maximum atomic E-state index is 11.3. The first kappa shape index (κ1) is 12.6. The predicted molar refractivity (Wildman–Crippen MR) is 53.6 cm³/mol. The van der Waals surface area contributed by atoms with Crippen molar-refractivity contribution < 1.29 is 27.6 Å². The van der Waals surface area contributed by atoms with E-state index < -0.39 is 16.1 Å². The molecule has 16 heavy (non-hydrogen) atoms. The molecule has 0 saturated carbocycles. The molecule has 1 rings (SSSR count). The van der Waals surface area contributed by atoms with Gasteiger partial charge < -0.3 is 9.84 Å². The lowest BCUT2D eigenvalue weighted by molar-refractivity contribution is 0.0433. The molecule has 0 aliphatic carbocycles. The second kappa shape index (κ2) is 5.06. The molecule has 0 heterocycles. The number of carbonyl (C=O) groups is 1. The van der Waals surface area contributed by atoms with E-state index >= 15 is 0 Å². The van der Waals surface area contributed by atoms with Crippen molar-refractivity contribution in [2.75, 3.05) is 13.2 Å².